The van der Waals surface area contributed by atoms with Crippen LogP contribution in [0.4, 0.5) is 9.18 Å². The molecule has 2 aliphatic heterocycles. The summed E-state index contributed by atoms with van der Waals surface area (Å²) in [6, 6.07) is 5.04. The summed E-state index contributed by atoms with van der Waals surface area (Å²) in [4.78, 5) is 16.5. The molecule has 1 N–H and O–H groups in total. The van der Waals surface area contributed by atoms with Crippen LogP contribution in [0, 0.1) is 5.82 Å². The van der Waals surface area contributed by atoms with E-state index in [9.17, 15) is 14.3 Å². The molecule has 7 nitrogen and oxygen atoms in total. The molecule has 1 aromatic rings. The van der Waals surface area contributed by atoms with Crippen molar-refractivity contribution in [1.29, 1.82) is 0 Å². The number of piperidine rings is 1. The molecule has 3 rings (SSSR count). The first kappa shape index (κ1) is 26.7. The Hall–Kier alpha value is -1.90. The standard InChI is InChI=1S/C26H41FN2O5/c1-25(2,3)34-24(30)29-14-10-21(17-32-18-29)28-12-8-19(9-13-28)22-7-6-20(27)16-23(22)33-15-11-26(4,5)31/h6-7,16,19,21,31H,8-15,17-18H2,1-5H3/t21-/m0/s1. The predicted octanol–water partition coefficient (Wildman–Crippen LogP) is 4.53. The maximum absolute atomic E-state index is 13.9. The Bertz CT molecular complexity index is 812. The molecule has 1 atom stereocenters. The highest BCUT2D eigenvalue weighted by molar-refractivity contribution is 5.67. The second-order valence-electron chi connectivity index (χ2n) is 11.1. The zero-order chi connectivity index (χ0) is 24.9. The lowest BCUT2D eigenvalue weighted by molar-refractivity contribution is -0.00971. The summed E-state index contributed by atoms with van der Waals surface area (Å²) in [5, 5.41) is 9.94. The summed E-state index contributed by atoms with van der Waals surface area (Å²) < 4.78 is 31.1. The fourth-order valence-electron chi connectivity index (χ4n) is 4.47. The number of halogens is 1. The van der Waals surface area contributed by atoms with Crippen molar-refractivity contribution in [2.45, 2.75) is 83.5 Å². The highest BCUT2D eigenvalue weighted by atomic mass is 19.1. The van der Waals surface area contributed by atoms with Crippen LogP contribution in [0.15, 0.2) is 18.2 Å². The number of likely N-dealkylation sites (tertiary alicyclic amines) is 1. The molecule has 0 unspecified atom stereocenters. The number of ether oxygens (including phenoxy) is 3. The highest BCUT2D eigenvalue weighted by Gasteiger charge is 2.31. The van der Waals surface area contributed by atoms with Gasteiger partial charge in [0.05, 0.1) is 18.8 Å². The van der Waals surface area contributed by atoms with Gasteiger partial charge in [0.25, 0.3) is 0 Å². The summed E-state index contributed by atoms with van der Waals surface area (Å²) >= 11 is 0. The van der Waals surface area contributed by atoms with E-state index in [1.807, 2.05) is 26.8 Å². The highest BCUT2D eigenvalue weighted by Crippen LogP contribution is 2.36. The predicted molar refractivity (Wildman–Crippen MR) is 129 cm³/mol. The lowest BCUT2D eigenvalue weighted by Gasteiger charge is -2.37. The van der Waals surface area contributed by atoms with Crippen LogP contribution in [0.5, 0.6) is 5.75 Å². The molecule has 1 amide bonds. The van der Waals surface area contributed by atoms with Crippen molar-refractivity contribution in [3.05, 3.63) is 29.6 Å². The van der Waals surface area contributed by atoms with Gasteiger partial charge >= 0.3 is 6.09 Å². The topological polar surface area (TPSA) is 71.5 Å². The average molecular weight is 481 g/mol. The minimum absolute atomic E-state index is 0.253. The maximum Gasteiger partial charge on any atom is 0.412 e. The monoisotopic (exact) mass is 480 g/mol. The van der Waals surface area contributed by atoms with Crippen molar-refractivity contribution < 1.29 is 28.5 Å². The van der Waals surface area contributed by atoms with Crippen LogP contribution in [0.25, 0.3) is 0 Å². The smallest absolute Gasteiger partial charge is 0.412 e. The Labute approximate surface area is 203 Å². The molecule has 192 valence electrons. The Morgan fingerprint density at radius 2 is 1.85 bits per heavy atom. The molecular formula is C26H41FN2O5. The van der Waals surface area contributed by atoms with Gasteiger partial charge in [-0.1, -0.05) is 6.07 Å². The van der Waals surface area contributed by atoms with Gasteiger partial charge in [0.15, 0.2) is 0 Å². The second kappa shape index (κ2) is 11.2. The Balaban J connectivity index is 1.54. The number of hydrogen-bond donors (Lipinski definition) is 1. The summed E-state index contributed by atoms with van der Waals surface area (Å²) in [6.07, 6.45) is 2.87. The molecule has 2 saturated heterocycles. The molecule has 8 heteroatoms. The first-order chi connectivity index (χ1) is 15.9. The van der Waals surface area contributed by atoms with Gasteiger partial charge in [0.1, 0.15) is 23.9 Å². The molecule has 0 aromatic heterocycles. The maximum atomic E-state index is 13.9. The first-order valence-corrected chi connectivity index (χ1v) is 12.4. The van der Waals surface area contributed by atoms with Gasteiger partial charge in [0, 0.05) is 25.1 Å². The third-order valence-electron chi connectivity index (χ3n) is 6.37. The number of benzene rings is 1. The van der Waals surface area contributed by atoms with E-state index >= 15 is 0 Å². The second-order valence-corrected chi connectivity index (χ2v) is 11.1. The SMILES string of the molecule is CC(C)(O)CCOc1cc(F)ccc1C1CCN([C@H]2CCN(C(=O)OC(C)(C)C)COC2)CC1. The molecular weight excluding hydrogens is 439 g/mol. The zero-order valence-electron chi connectivity index (χ0n) is 21.3. The molecule has 2 aliphatic rings. The van der Waals surface area contributed by atoms with E-state index in [1.54, 1.807) is 18.7 Å². The molecule has 0 radical (unpaired) electrons. The largest absolute Gasteiger partial charge is 0.493 e. The van der Waals surface area contributed by atoms with Crippen LogP contribution in [0.1, 0.15) is 71.8 Å². The molecule has 0 bridgehead atoms. The van der Waals surface area contributed by atoms with E-state index < -0.39 is 11.2 Å². The molecule has 2 heterocycles. The van der Waals surface area contributed by atoms with E-state index in [2.05, 4.69) is 4.90 Å². The summed E-state index contributed by atoms with van der Waals surface area (Å²) in [6.45, 7) is 12.7. The molecule has 0 spiro atoms. The molecule has 1 aromatic carbocycles. The minimum Gasteiger partial charge on any atom is -0.493 e. The van der Waals surface area contributed by atoms with Crippen LogP contribution in [0.3, 0.4) is 0 Å². The van der Waals surface area contributed by atoms with Crippen molar-refractivity contribution in [1.82, 2.24) is 9.80 Å². The quantitative estimate of drug-likeness (QED) is 0.645. The Morgan fingerprint density at radius 1 is 1.15 bits per heavy atom. The first-order valence-electron chi connectivity index (χ1n) is 12.4. The Morgan fingerprint density at radius 3 is 2.50 bits per heavy atom. The lowest BCUT2D eigenvalue weighted by Crippen LogP contribution is -2.43. The lowest BCUT2D eigenvalue weighted by atomic mass is 9.88. The number of aliphatic hydroxyl groups is 1. The average Bonchev–Trinajstić information content (AvgIpc) is 2.98. The number of hydrogen-bond acceptors (Lipinski definition) is 6. The van der Waals surface area contributed by atoms with Gasteiger partial charge in [-0.2, -0.15) is 0 Å². The van der Waals surface area contributed by atoms with Gasteiger partial charge in [-0.05, 0) is 84.5 Å². The fourth-order valence-corrected chi connectivity index (χ4v) is 4.47. The summed E-state index contributed by atoms with van der Waals surface area (Å²) in [5.74, 6) is 0.553. The van der Waals surface area contributed by atoms with Gasteiger partial charge in [-0.15, -0.1) is 0 Å². The number of amides is 1. The van der Waals surface area contributed by atoms with Crippen LogP contribution < -0.4 is 4.74 Å². The third kappa shape index (κ3) is 8.10. The van der Waals surface area contributed by atoms with Gasteiger partial charge < -0.3 is 19.3 Å². The van der Waals surface area contributed by atoms with Crippen molar-refractivity contribution in [3.63, 3.8) is 0 Å². The van der Waals surface area contributed by atoms with Crippen molar-refractivity contribution in [3.8, 4) is 5.75 Å². The summed E-state index contributed by atoms with van der Waals surface area (Å²) in [5.41, 5.74) is -0.314. The van der Waals surface area contributed by atoms with Crippen molar-refractivity contribution in [2.24, 2.45) is 0 Å². The van der Waals surface area contributed by atoms with Crippen molar-refractivity contribution >= 4 is 6.09 Å². The van der Waals surface area contributed by atoms with Crippen molar-refractivity contribution in [2.75, 3.05) is 39.6 Å². The van der Waals surface area contributed by atoms with Crippen LogP contribution >= 0.6 is 0 Å². The number of carbonyl (C=O) groups is 1. The van der Waals surface area contributed by atoms with Crippen LogP contribution in [0.2, 0.25) is 0 Å². The number of nitrogens with zero attached hydrogens (tertiary/aromatic N) is 2. The number of rotatable bonds is 6. The Kier molecular flexibility index (Phi) is 8.82. The van der Waals surface area contributed by atoms with E-state index in [0.717, 1.165) is 37.9 Å². The normalized spacial score (nSPS) is 21.3. The van der Waals surface area contributed by atoms with E-state index in [-0.39, 0.29) is 24.7 Å². The number of carbonyl (C=O) groups excluding carboxylic acids is 1. The third-order valence-corrected chi connectivity index (χ3v) is 6.37. The molecule has 0 aliphatic carbocycles. The van der Waals surface area contributed by atoms with Gasteiger partial charge in [0.2, 0.25) is 0 Å². The van der Waals surface area contributed by atoms with E-state index in [0.29, 0.717) is 37.8 Å². The van der Waals surface area contributed by atoms with Crippen LogP contribution in [-0.2, 0) is 9.47 Å². The zero-order valence-corrected chi connectivity index (χ0v) is 21.3. The summed E-state index contributed by atoms with van der Waals surface area (Å²) in [7, 11) is 0. The van der Waals surface area contributed by atoms with E-state index in [1.165, 1.54) is 12.1 Å². The molecule has 0 saturated carbocycles. The van der Waals surface area contributed by atoms with E-state index in [4.69, 9.17) is 14.2 Å². The molecule has 34 heavy (non-hydrogen) atoms. The van der Waals surface area contributed by atoms with Crippen LogP contribution in [-0.4, -0.2) is 77.8 Å². The fraction of sp³-hybridized carbons (Fsp3) is 0.731. The minimum atomic E-state index is -0.821. The van der Waals surface area contributed by atoms with Gasteiger partial charge in [-0.3, -0.25) is 9.80 Å². The molecule has 2 fully saturated rings. The van der Waals surface area contributed by atoms with Gasteiger partial charge in [-0.25, -0.2) is 9.18 Å².